The molecule has 0 unspecified atom stereocenters. The van der Waals surface area contributed by atoms with E-state index in [9.17, 15) is 4.79 Å². The van der Waals surface area contributed by atoms with Crippen LogP contribution >= 0.6 is 27.5 Å². The van der Waals surface area contributed by atoms with Crippen molar-refractivity contribution in [3.8, 4) is 11.5 Å². The summed E-state index contributed by atoms with van der Waals surface area (Å²) < 4.78 is 11.1. The Balaban J connectivity index is 2.39. The van der Waals surface area contributed by atoms with Gasteiger partial charge in [0.05, 0.1) is 4.47 Å². The predicted octanol–water partition coefficient (Wildman–Crippen LogP) is 2.49. The average Bonchev–Trinajstić information content (AvgIpc) is 2.57. The topological polar surface area (TPSA) is 35.5 Å². The summed E-state index contributed by atoms with van der Waals surface area (Å²) in [4.78, 5) is 10.7. The molecule has 0 fully saturated rings. The second kappa shape index (κ2) is 3.79. The highest BCUT2D eigenvalue weighted by molar-refractivity contribution is 9.10. The van der Waals surface area contributed by atoms with Crippen LogP contribution in [0.2, 0.25) is 0 Å². The smallest absolute Gasteiger partial charge is 0.231 e. The number of hydrogen-bond acceptors (Lipinski definition) is 3. The zero-order chi connectivity index (χ0) is 10.1. The van der Waals surface area contributed by atoms with E-state index in [0.717, 1.165) is 10.0 Å². The quantitative estimate of drug-likeness (QED) is 0.779. The second-order valence-corrected chi connectivity index (χ2v) is 4.02. The Morgan fingerprint density at radius 3 is 3.00 bits per heavy atom. The Morgan fingerprint density at radius 1 is 1.50 bits per heavy atom. The van der Waals surface area contributed by atoms with E-state index in [-0.39, 0.29) is 13.2 Å². The summed E-state index contributed by atoms with van der Waals surface area (Å²) in [6.07, 6.45) is 0.179. The summed E-state index contributed by atoms with van der Waals surface area (Å²) in [6, 6.07) is 3.56. The van der Waals surface area contributed by atoms with Gasteiger partial charge in [0.1, 0.15) is 0 Å². The molecule has 14 heavy (non-hydrogen) atoms. The maximum absolute atomic E-state index is 10.7. The highest BCUT2D eigenvalue weighted by atomic mass is 79.9. The van der Waals surface area contributed by atoms with Crippen LogP contribution in [0.3, 0.4) is 0 Å². The van der Waals surface area contributed by atoms with Gasteiger partial charge < -0.3 is 9.47 Å². The summed E-state index contributed by atoms with van der Waals surface area (Å²) in [5.74, 6) is 1.32. The minimum atomic E-state index is -0.399. The van der Waals surface area contributed by atoms with E-state index in [4.69, 9.17) is 21.1 Å². The highest BCUT2D eigenvalue weighted by Crippen LogP contribution is 2.41. The van der Waals surface area contributed by atoms with Gasteiger partial charge in [-0.25, -0.2) is 0 Å². The van der Waals surface area contributed by atoms with E-state index in [1.807, 2.05) is 0 Å². The number of rotatable bonds is 2. The molecule has 1 aromatic carbocycles. The van der Waals surface area contributed by atoms with Gasteiger partial charge >= 0.3 is 0 Å². The van der Waals surface area contributed by atoms with Crippen molar-refractivity contribution in [2.45, 2.75) is 6.42 Å². The van der Waals surface area contributed by atoms with Crippen molar-refractivity contribution >= 4 is 32.8 Å². The molecule has 1 aliphatic heterocycles. The fraction of sp³-hybridized carbons (Fsp3) is 0.222. The number of fused-ring (bicyclic) bond motifs is 1. The zero-order valence-electron chi connectivity index (χ0n) is 7.05. The molecular formula is C9H6BrClO3. The Kier molecular flexibility index (Phi) is 2.65. The van der Waals surface area contributed by atoms with Crippen molar-refractivity contribution in [2.24, 2.45) is 0 Å². The largest absolute Gasteiger partial charge is 0.454 e. The van der Waals surface area contributed by atoms with Crippen LogP contribution in [0.15, 0.2) is 16.6 Å². The number of benzene rings is 1. The lowest BCUT2D eigenvalue weighted by molar-refractivity contribution is -0.111. The number of ether oxygens (including phenoxy) is 2. The van der Waals surface area contributed by atoms with Crippen molar-refractivity contribution in [1.29, 1.82) is 0 Å². The van der Waals surface area contributed by atoms with Gasteiger partial charge in [0.15, 0.2) is 11.5 Å². The molecular weight excluding hydrogens is 271 g/mol. The predicted molar refractivity (Wildman–Crippen MR) is 54.8 cm³/mol. The second-order valence-electron chi connectivity index (χ2n) is 2.80. The monoisotopic (exact) mass is 276 g/mol. The molecule has 0 bridgehead atoms. The molecule has 1 aliphatic rings. The summed E-state index contributed by atoms with van der Waals surface area (Å²) in [5, 5.41) is -0.399. The molecule has 0 atom stereocenters. The van der Waals surface area contributed by atoms with E-state index < -0.39 is 5.24 Å². The van der Waals surface area contributed by atoms with Crippen molar-refractivity contribution in [2.75, 3.05) is 6.79 Å². The van der Waals surface area contributed by atoms with Gasteiger partial charge in [0.2, 0.25) is 12.0 Å². The lowest BCUT2D eigenvalue weighted by Crippen LogP contribution is -1.95. The average molecular weight is 278 g/mol. The molecule has 0 N–H and O–H groups in total. The highest BCUT2D eigenvalue weighted by Gasteiger charge is 2.19. The molecule has 0 amide bonds. The molecule has 0 aromatic heterocycles. The number of hydrogen-bond donors (Lipinski definition) is 0. The van der Waals surface area contributed by atoms with E-state index >= 15 is 0 Å². The SMILES string of the molecule is O=C(Cl)Cc1ccc2c(c1Br)OCO2. The van der Waals surface area contributed by atoms with Crippen molar-refractivity contribution in [3.63, 3.8) is 0 Å². The lowest BCUT2D eigenvalue weighted by atomic mass is 10.1. The number of carbonyl (C=O) groups is 1. The van der Waals surface area contributed by atoms with Gasteiger partial charge in [-0.1, -0.05) is 6.07 Å². The molecule has 74 valence electrons. The van der Waals surface area contributed by atoms with E-state index in [1.165, 1.54) is 0 Å². The maximum atomic E-state index is 10.7. The van der Waals surface area contributed by atoms with Gasteiger partial charge in [-0.15, -0.1) is 0 Å². The van der Waals surface area contributed by atoms with Crippen LogP contribution in [-0.4, -0.2) is 12.0 Å². The van der Waals surface area contributed by atoms with Crippen LogP contribution in [0.25, 0.3) is 0 Å². The molecule has 2 rings (SSSR count). The van der Waals surface area contributed by atoms with Crippen molar-refractivity contribution in [1.82, 2.24) is 0 Å². The normalized spacial score (nSPS) is 13.0. The van der Waals surface area contributed by atoms with Crippen LogP contribution in [-0.2, 0) is 11.2 Å². The molecule has 5 heteroatoms. The van der Waals surface area contributed by atoms with Gasteiger partial charge in [-0.3, -0.25) is 4.79 Å². The van der Waals surface area contributed by atoms with Crippen LogP contribution in [0.1, 0.15) is 5.56 Å². The first-order valence-electron chi connectivity index (χ1n) is 3.94. The van der Waals surface area contributed by atoms with Crippen LogP contribution in [0.5, 0.6) is 11.5 Å². The van der Waals surface area contributed by atoms with Gasteiger partial charge in [0, 0.05) is 6.42 Å². The third-order valence-corrected chi connectivity index (χ3v) is 2.89. The van der Waals surface area contributed by atoms with Crippen molar-refractivity contribution in [3.05, 3.63) is 22.2 Å². The van der Waals surface area contributed by atoms with Crippen LogP contribution in [0.4, 0.5) is 0 Å². The third kappa shape index (κ3) is 1.72. The maximum Gasteiger partial charge on any atom is 0.231 e. The molecule has 3 nitrogen and oxygen atoms in total. The third-order valence-electron chi connectivity index (χ3n) is 1.89. The minimum absolute atomic E-state index is 0.179. The molecule has 1 aromatic rings. The molecule has 0 saturated carbocycles. The first-order chi connectivity index (χ1) is 6.68. The fourth-order valence-corrected chi connectivity index (χ4v) is 1.99. The zero-order valence-corrected chi connectivity index (χ0v) is 9.39. The molecule has 0 spiro atoms. The van der Waals surface area contributed by atoms with E-state index in [2.05, 4.69) is 15.9 Å². The van der Waals surface area contributed by atoms with Crippen LogP contribution < -0.4 is 9.47 Å². The minimum Gasteiger partial charge on any atom is -0.454 e. The van der Waals surface area contributed by atoms with E-state index in [1.54, 1.807) is 12.1 Å². The molecule has 0 aliphatic carbocycles. The Bertz CT molecular complexity index is 392. The summed E-state index contributed by atoms with van der Waals surface area (Å²) >= 11 is 8.65. The molecule has 1 heterocycles. The van der Waals surface area contributed by atoms with E-state index in [0.29, 0.717) is 11.5 Å². The Hall–Kier alpha value is -0.740. The summed E-state index contributed by atoms with van der Waals surface area (Å²) in [5.41, 5.74) is 0.800. The first-order valence-corrected chi connectivity index (χ1v) is 5.11. The molecule has 0 saturated heterocycles. The summed E-state index contributed by atoms with van der Waals surface area (Å²) in [6.45, 7) is 0.214. The molecule has 0 radical (unpaired) electrons. The van der Waals surface area contributed by atoms with Gasteiger partial charge in [-0.2, -0.15) is 0 Å². The number of halogens is 2. The lowest BCUT2D eigenvalue weighted by Gasteiger charge is -2.04. The summed E-state index contributed by atoms with van der Waals surface area (Å²) in [7, 11) is 0. The van der Waals surface area contributed by atoms with Crippen molar-refractivity contribution < 1.29 is 14.3 Å². The standard InChI is InChI=1S/C9H6BrClO3/c10-8-5(3-7(11)12)1-2-6-9(8)14-4-13-6/h1-2H,3-4H2. The Morgan fingerprint density at radius 2 is 2.29 bits per heavy atom. The Labute approximate surface area is 94.1 Å². The number of carbonyl (C=O) groups excluding carboxylic acids is 1. The fourth-order valence-electron chi connectivity index (χ4n) is 1.27. The van der Waals surface area contributed by atoms with Gasteiger partial charge in [-0.05, 0) is 39.2 Å². The first kappa shape index (κ1) is 9.80. The van der Waals surface area contributed by atoms with Crippen LogP contribution in [0, 0.1) is 0 Å². The van der Waals surface area contributed by atoms with Gasteiger partial charge in [0.25, 0.3) is 0 Å².